The van der Waals surface area contributed by atoms with Crippen LogP contribution in [0.5, 0.6) is 0 Å². The Hall–Kier alpha value is -2.86. The first-order chi connectivity index (χ1) is 12.9. The molecule has 1 aromatic heterocycles. The van der Waals surface area contributed by atoms with Gasteiger partial charge in [0.2, 0.25) is 0 Å². The van der Waals surface area contributed by atoms with Crippen molar-refractivity contribution in [3.05, 3.63) is 77.5 Å². The maximum absolute atomic E-state index is 12.5. The summed E-state index contributed by atoms with van der Waals surface area (Å²) in [5.41, 5.74) is 4.70. The fraction of sp³-hybridized carbons (Fsp3) is 0.190. The summed E-state index contributed by atoms with van der Waals surface area (Å²) in [4.78, 5) is 4.58. The highest BCUT2D eigenvalue weighted by molar-refractivity contribution is 7.92. The van der Waals surface area contributed by atoms with Gasteiger partial charge in [0.15, 0.2) is 0 Å². The number of hydrogen-bond acceptors (Lipinski definition) is 4. The second-order valence-electron chi connectivity index (χ2n) is 6.44. The molecule has 3 aromatic rings. The van der Waals surface area contributed by atoms with E-state index in [1.54, 1.807) is 30.3 Å². The number of para-hydroxylation sites is 1. The number of sulfonamides is 1. The molecule has 6 heteroatoms. The van der Waals surface area contributed by atoms with Gasteiger partial charge >= 0.3 is 0 Å². The van der Waals surface area contributed by atoms with Crippen molar-refractivity contribution in [3.8, 4) is 0 Å². The summed E-state index contributed by atoms with van der Waals surface area (Å²) in [7, 11) is -3.64. The van der Waals surface area contributed by atoms with Crippen LogP contribution in [-0.4, -0.2) is 13.4 Å². The molecular formula is C21H23N3O2S. The lowest BCUT2D eigenvalue weighted by molar-refractivity contribution is 0.601. The summed E-state index contributed by atoms with van der Waals surface area (Å²) >= 11 is 0. The number of anilines is 3. The van der Waals surface area contributed by atoms with Crippen LogP contribution in [0.4, 0.5) is 17.2 Å². The first kappa shape index (κ1) is 18.9. The van der Waals surface area contributed by atoms with E-state index in [1.165, 1.54) is 11.8 Å². The largest absolute Gasteiger partial charge is 0.340 e. The van der Waals surface area contributed by atoms with Crippen LogP contribution in [0.3, 0.4) is 0 Å². The summed E-state index contributed by atoms with van der Waals surface area (Å²) < 4.78 is 27.6. The molecule has 27 heavy (non-hydrogen) atoms. The highest BCUT2D eigenvalue weighted by Crippen LogP contribution is 2.25. The van der Waals surface area contributed by atoms with Crippen molar-refractivity contribution in [2.24, 2.45) is 0 Å². The van der Waals surface area contributed by atoms with Gasteiger partial charge in [-0.05, 0) is 61.2 Å². The molecule has 0 bridgehead atoms. The number of hydrogen-bond donors (Lipinski definition) is 2. The molecule has 0 saturated carbocycles. The molecule has 140 valence electrons. The maximum atomic E-state index is 12.5. The molecule has 5 nitrogen and oxygen atoms in total. The Morgan fingerprint density at radius 1 is 1.00 bits per heavy atom. The van der Waals surface area contributed by atoms with Crippen LogP contribution < -0.4 is 10.0 Å². The van der Waals surface area contributed by atoms with Gasteiger partial charge in [-0.25, -0.2) is 13.4 Å². The third-order valence-electron chi connectivity index (χ3n) is 4.31. The zero-order chi connectivity index (χ0) is 19.4. The Kier molecular flexibility index (Phi) is 5.46. The normalized spacial score (nSPS) is 11.2. The van der Waals surface area contributed by atoms with E-state index in [4.69, 9.17) is 0 Å². The molecule has 0 aliphatic rings. The maximum Gasteiger partial charge on any atom is 0.261 e. The zero-order valence-electron chi connectivity index (χ0n) is 15.7. The van der Waals surface area contributed by atoms with Gasteiger partial charge < -0.3 is 5.32 Å². The fourth-order valence-corrected chi connectivity index (χ4v) is 4.00. The Labute approximate surface area is 160 Å². The molecule has 0 unspecified atom stereocenters. The molecule has 0 radical (unpaired) electrons. The van der Waals surface area contributed by atoms with Crippen LogP contribution in [0.15, 0.2) is 65.7 Å². The first-order valence-electron chi connectivity index (χ1n) is 8.80. The molecule has 0 fully saturated rings. The van der Waals surface area contributed by atoms with Crippen molar-refractivity contribution in [3.63, 3.8) is 0 Å². The molecule has 0 amide bonds. The van der Waals surface area contributed by atoms with Gasteiger partial charge in [0.1, 0.15) is 5.82 Å². The van der Waals surface area contributed by atoms with Crippen LogP contribution in [-0.2, 0) is 16.4 Å². The lowest BCUT2D eigenvalue weighted by Crippen LogP contribution is -2.13. The Morgan fingerprint density at radius 3 is 2.44 bits per heavy atom. The number of benzene rings is 2. The van der Waals surface area contributed by atoms with Gasteiger partial charge in [0, 0.05) is 5.69 Å². The molecule has 0 atom stereocenters. The number of pyridine rings is 1. The molecule has 2 N–H and O–H groups in total. The minimum absolute atomic E-state index is 0.234. The van der Waals surface area contributed by atoms with Crippen molar-refractivity contribution in [2.45, 2.75) is 32.1 Å². The fourth-order valence-electron chi connectivity index (χ4n) is 2.85. The molecule has 0 saturated heterocycles. The first-order valence-corrected chi connectivity index (χ1v) is 10.3. The number of aromatic nitrogens is 1. The van der Waals surface area contributed by atoms with Crippen molar-refractivity contribution in [1.82, 2.24) is 4.98 Å². The Bertz CT molecular complexity index is 1050. The Morgan fingerprint density at radius 2 is 1.78 bits per heavy atom. The number of nitrogens with one attached hydrogen (secondary N) is 2. The second-order valence-corrected chi connectivity index (χ2v) is 8.12. The molecule has 0 aliphatic heterocycles. The van der Waals surface area contributed by atoms with Crippen LogP contribution >= 0.6 is 0 Å². The summed E-state index contributed by atoms with van der Waals surface area (Å²) in [6.45, 7) is 6.01. The molecule has 3 rings (SSSR count). The second kappa shape index (κ2) is 7.80. The van der Waals surface area contributed by atoms with Crippen LogP contribution in [0.25, 0.3) is 0 Å². The van der Waals surface area contributed by atoms with Gasteiger partial charge in [0.25, 0.3) is 10.0 Å². The van der Waals surface area contributed by atoms with E-state index in [0.29, 0.717) is 11.5 Å². The van der Waals surface area contributed by atoms with E-state index in [9.17, 15) is 8.42 Å². The number of aryl methyl sites for hydroxylation is 3. The van der Waals surface area contributed by atoms with Gasteiger partial charge in [0.05, 0.1) is 16.8 Å². The van der Waals surface area contributed by atoms with Crippen LogP contribution in [0, 0.1) is 13.8 Å². The van der Waals surface area contributed by atoms with Gasteiger partial charge in [-0.2, -0.15) is 0 Å². The minimum atomic E-state index is -3.64. The van der Waals surface area contributed by atoms with Crippen molar-refractivity contribution < 1.29 is 8.42 Å². The van der Waals surface area contributed by atoms with Crippen LogP contribution in [0.1, 0.15) is 23.6 Å². The summed E-state index contributed by atoms with van der Waals surface area (Å²) in [5.74, 6) is 0.664. The SMILES string of the molecule is CCc1cccc(C)c1Nc1ccc(NS(=O)(=O)c2cccc(C)c2)cn1. The quantitative estimate of drug-likeness (QED) is 0.643. The van der Waals surface area contributed by atoms with E-state index in [2.05, 4.69) is 28.0 Å². The van der Waals surface area contributed by atoms with Crippen LogP contribution in [0.2, 0.25) is 0 Å². The lowest BCUT2D eigenvalue weighted by atomic mass is 10.1. The molecule has 0 spiro atoms. The third kappa shape index (κ3) is 4.46. The van der Waals surface area contributed by atoms with E-state index in [0.717, 1.165) is 23.2 Å². The third-order valence-corrected chi connectivity index (χ3v) is 5.69. The number of nitrogens with zero attached hydrogens (tertiary/aromatic N) is 1. The number of rotatable bonds is 6. The highest BCUT2D eigenvalue weighted by Gasteiger charge is 2.14. The predicted octanol–water partition coefficient (Wildman–Crippen LogP) is 4.81. The van der Waals surface area contributed by atoms with Crippen molar-refractivity contribution in [2.75, 3.05) is 10.0 Å². The van der Waals surface area contributed by atoms with E-state index in [1.807, 2.05) is 32.0 Å². The topological polar surface area (TPSA) is 71.1 Å². The smallest absolute Gasteiger partial charge is 0.261 e. The van der Waals surface area contributed by atoms with Gasteiger partial charge in [-0.1, -0.05) is 37.3 Å². The standard InChI is InChI=1S/C21H23N3O2S/c1-4-17-9-6-8-16(3)21(17)23-20-12-11-18(14-22-20)24-27(25,26)19-10-5-7-15(2)13-19/h5-14,24H,4H2,1-3H3,(H,22,23). The Balaban J connectivity index is 1.78. The van der Waals surface area contributed by atoms with Crippen molar-refractivity contribution in [1.29, 1.82) is 0 Å². The minimum Gasteiger partial charge on any atom is -0.340 e. The zero-order valence-corrected chi connectivity index (χ0v) is 16.5. The highest BCUT2D eigenvalue weighted by atomic mass is 32.2. The monoisotopic (exact) mass is 381 g/mol. The molecule has 0 aliphatic carbocycles. The molecular weight excluding hydrogens is 358 g/mol. The predicted molar refractivity (Wildman–Crippen MR) is 110 cm³/mol. The van der Waals surface area contributed by atoms with E-state index >= 15 is 0 Å². The lowest BCUT2D eigenvalue weighted by Gasteiger charge is -2.14. The van der Waals surface area contributed by atoms with Gasteiger partial charge in [-0.3, -0.25) is 4.72 Å². The summed E-state index contributed by atoms with van der Waals surface area (Å²) in [5, 5.41) is 3.33. The average molecular weight is 382 g/mol. The molecule has 1 heterocycles. The molecule has 2 aromatic carbocycles. The van der Waals surface area contributed by atoms with E-state index in [-0.39, 0.29) is 4.90 Å². The summed E-state index contributed by atoms with van der Waals surface area (Å²) in [6, 6.07) is 16.4. The van der Waals surface area contributed by atoms with E-state index < -0.39 is 10.0 Å². The summed E-state index contributed by atoms with van der Waals surface area (Å²) in [6.07, 6.45) is 2.43. The van der Waals surface area contributed by atoms with Crippen molar-refractivity contribution >= 4 is 27.2 Å². The average Bonchev–Trinajstić information content (AvgIpc) is 2.64. The van der Waals surface area contributed by atoms with Gasteiger partial charge in [-0.15, -0.1) is 0 Å².